The Hall–Kier alpha value is -3.61. The number of likely N-dealkylation sites (tertiary alicyclic amines) is 1. The highest BCUT2D eigenvalue weighted by molar-refractivity contribution is 6.31. The fourth-order valence-electron chi connectivity index (χ4n) is 5.32. The van der Waals surface area contributed by atoms with Gasteiger partial charge in [-0.1, -0.05) is 60.2 Å². The topological polar surface area (TPSA) is 61.9 Å². The predicted molar refractivity (Wildman–Crippen MR) is 154 cm³/mol. The summed E-state index contributed by atoms with van der Waals surface area (Å²) in [5.74, 6) is 1.09. The zero-order valence-corrected chi connectivity index (χ0v) is 22.8. The minimum Gasteiger partial charge on any atom is -0.462 e. The van der Waals surface area contributed by atoms with E-state index in [4.69, 9.17) is 16.3 Å². The number of nitrogens with one attached hydrogen (secondary N) is 1. The van der Waals surface area contributed by atoms with Crippen LogP contribution in [0.3, 0.4) is 0 Å². The van der Waals surface area contributed by atoms with Crippen molar-refractivity contribution in [3.8, 4) is 0 Å². The smallest absolute Gasteiger partial charge is 0.251 e. The van der Waals surface area contributed by atoms with E-state index >= 15 is 0 Å². The molecule has 0 spiro atoms. The fraction of sp³-hybridized carbons (Fsp3) is 0.312. The molecular weight excluding hydrogens is 510 g/mol. The van der Waals surface area contributed by atoms with Gasteiger partial charge in [0.25, 0.3) is 5.91 Å². The number of carbonyl (C=O) groups excluding carboxylic acids is 2. The van der Waals surface area contributed by atoms with Crippen LogP contribution < -0.4 is 5.32 Å². The van der Waals surface area contributed by atoms with Crippen molar-refractivity contribution in [2.24, 2.45) is 0 Å². The van der Waals surface area contributed by atoms with Crippen LogP contribution in [0, 0.1) is 0 Å². The van der Waals surface area contributed by atoms with Crippen LogP contribution in [0.5, 0.6) is 0 Å². The highest BCUT2D eigenvalue weighted by Crippen LogP contribution is 2.32. The van der Waals surface area contributed by atoms with E-state index in [-0.39, 0.29) is 11.7 Å². The molecule has 202 valence electrons. The first-order chi connectivity index (χ1) is 19.0. The summed E-state index contributed by atoms with van der Waals surface area (Å²) in [6.07, 6.45) is 14.0. The number of allylic oxidation sites excluding steroid dienone is 4. The van der Waals surface area contributed by atoms with Gasteiger partial charge in [-0.2, -0.15) is 0 Å². The summed E-state index contributed by atoms with van der Waals surface area (Å²) in [7, 11) is 0. The van der Waals surface area contributed by atoms with E-state index in [1.807, 2.05) is 48.8 Å². The van der Waals surface area contributed by atoms with Gasteiger partial charge >= 0.3 is 0 Å². The van der Waals surface area contributed by atoms with E-state index in [0.29, 0.717) is 29.5 Å². The molecule has 2 aliphatic heterocycles. The van der Waals surface area contributed by atoms with Gasteiger partial charge in [-0.25, -0.2) is 0 Å². The monoisotopic (exact) mass is 543 g/mol. The maximum atomic E-state index is 13.1. The first-order valence-electron chi connectivity index (χ1n) is 13.6. The van der Waals surface area contributed by atoms with Gasteiger partial charge < -0.3 is 19.9 Å². The standard InChI is InChI=1S/C32H34ClN3O3/c33-27-9-10-29(30(22-27)32(38)34-14-11-24-5-2-1-3-6-24)25-12-15-35(16-13-25)17-18-36-19-20-39-31(23-36)26-7-4-8-28(37)21-26/h1-10,19-20,22-23,25H,11-18,21H2,(H,34,38). The van der Waals surface area contributed by atoms with Crippen LogP contribution in [-0.4, -0.2) is 54.2 Å². The quantitative estimate of drug-likeness (QED) is 0.446. The predicted octanol–water partition coefficient (Wildman–Crippen LogP) is 5.59. The van der Waals surface area contributed by atoms with Gasteiger partial charge in [-0.05, 0) is 67.6 Å². The van der Waals surface area contributed by atoms with Crippen molar-refractivity contribution in [2.45, 2.75) is 31.6 Å². The van der Waals surface area contributed by atoms with E-state index in [1.165, 1.54) is 5.56 Å². The molecule has 0 aromatic heterocycles. The number of amides is 1. The first kappa shape index (κ1) is 27.0. The summed E-state index contributed by atoms with van der Waals surface area (Å²) < 4.78 is 5.67. The molecule has 39 heavy (non-hydrogen) atoms. The Morgan fingerprint density at radius 3 is 2.69 bits per heavy atom. The molecule has 1 saturated heterocycles. The number of hydrogen-bond acceptors (Lipinski definition) is 5. The van der Waals surface area contributed by atoms with Gasteiger partial charge in [-0.3, -0.25) is 9.59 Å². The fourth-order valence-corrected chi connectivity index (χ4v) is 5.49. The van der Waals surface area contributed by atoms with Gasteiger partial charge in [0, 0.05) is 54.6 Å². The zero-order chi connectivity index (χ0) is 27.0. The lowest BCUT2D eigenvalue weighted by Gasteiger charge is -2.34. The molecule has 1 aliphatic carbocycles. The van der Waals surface area contributed by atoms with Crippen molar-refractivity contribution in [1.82, 2.24) is 15.1 Å². The Bertz CT molecular complexity index is 1310. The lowest BCUT2D eigenvalue weighted by Crippen LogP contribution is -2.38. The van der Waals surface area contributed by atoms with Crippen molar-refractivity contribution in [1.29, 1.82) is 0 Å². The summed E-state index contributed by atoms with van der Waals surface area (Å²) in [5, 5.41) is 3.67. The zero-order valence-electron chi connectivity index (χ0n) is 22.0. The van der Waals surface area contributed by atoms with Crippen LogP contribution in [0.2, 0.25) is 5.02 Å². The maximum absolute atomic E-state index is 13.1. The second-order valence-electron chi connectivity index (χ2n) is 10.2. The molecule has 7 heteroatoms. The summed E-state index contributed by atoms with van der Waals surface area (Å²) >= 11 is 6.30. The number of benzene rings is 2. The molecule has 3 aliphatic rings. The van der Waals surface area contributed by atoms with Crippen LogP contribution in [0.1, 0.15) is 46.7 Å². The lowest BCUT2D eigenvalue weighted by molar-refractivity contribution is -0.114. The minimum atomic E-state index is -0.0576. The molecule has 2 aromatic carbocycles. The van der Waals surface area contributed by atoms with E-state index in [9.17, 15) is 9.59 Å². The van der Waals surface area contributed by atoms with Gasteiger partial charge in [0.1, 0.15) is 12.0 Å². The molecule has 5 rings (SSSR count). The van der Waals surface area contributed by atoms with Crippen LogP contribution in [0.25, 0.3) is 0 Å². The Balaban J connectivity index is 1.13. The second kappa shape index (κ2) is 13.0. The van der Waals surface area contributed by atoms with E-state index in [0.717, 1.165) is 62.3 Å². The molecule has 1 fully saturated rings. The van der Waals surface area contributed by atoms with Crippen molar-refractivity contribution in [3.05, 3.63) is 118 Å². The van der Waals surface area contributed by atoms with E-state index < -0.39 is 0 Å². The molecule has 6 nitrogen and oxygen atoms in total. The molecular formula is C32H34ClN3O3. The molecule has 0 atom stereocenters. The molecule has 1 amide bonds. The lowest BCUT2D eigenvalue weighted by atomic mass is 9.86. The molecule has 2 heterocycles. The van der Waals surface area contributed by atoms with Crippen molar-refractivity contribution in [2.75, 3.05) is 32.7 Å². The number of halogens is 1. The SMILES string of the molecule is O=C1C=CC=C(C2=CN(CCN3CCC(c4ccc(Cl)cc4C(=O)NCCc4ccccc4)CC3)C=CO2)C1. The number of carbonyl (C=O) groups is 2. The summed E-state index contributed by atoms with van der Waals surface area (Å²) in [6.45, 7) is 4.28. The molecule has 1 N–H and O–H groups in total. The summed E-state index contributed by atoms with van der Waals surface area (Å²) in [4.78, 5) is 29.5. The second-order valence-corrected chi connectivity index (χ2v) is 10.6. The Morgan fingerprint density at radius 2 is 1.90 bits per heavy atom. The summed E-state index contributed by atoms with van der Waals surface area (Å²) in [6, 6.07) is 15.9. The number of ketones is 1. The normalized spacial score (nSPS) is 18.0. The van der Waals surface area contributed by atoms with Gasteiger partial charge in [-0.15, -0.1) is 0 Å². The number of nitrogens with zero attached hydrogens (tertiary/aromatic N) is 2. The third kappa shape index (κ3) is 7.28. The molecule has 0 bridgehead atoms. The number of piperidine rings is 1. The van der Waals surface area contributed by atoms with Crippen molar-refractivity contribution in [3.63, 3.8) is 0 Å². The number of hydrogen-bond donors (Lipinski definition) is 1. The molecule has 0 radical (unpaired) electrons. The van der Waals surface area contributed by atoms with E-state index in [2.05, 4.69) is 27.2 Å². The average molecular weight is 544 g/mol. The van der Waals surface area contributed by atoms with Crippen LogP contribution in [0.15, 0.2) is 96.8 Å². The average Bonchev–Trinajstić information content (AvgIpc) is 2.97. The van der Waals surface area contributed by atoms with Crippen molar-refractivity contribution < 1.29 is 14.3 Å². The highest BCUT2D eigenvalue weighted by Gasteiger charge is 2.25. The third-order valence-corrected chi connectivity index (χ3v) is 7.73. The third-order valence-electron chi connectivity index (χ3n) is 7.49. The van der Waals surface area contributed by atoms with Crippen molar-refractivity contribution >= 4 is 23.3 Å². The van der Waals surface area contributed by atoms with Gasteiger partial charge in [0.05, 0.1) is 0 Å². The maximum Gasteiger partial charge on any atom is 0.251 e. The Morgan fingerprint density at radius 1 is 1.08 bits per heavy atom. The van der Waals surface area contributed by atoms with Crippen LogP contribution >= 0.6 is 11.6 Å². The first-order valence-corrected chi connectivity index (χ1v) is 14.0. The molecule has 0 unspecified atom stereocenters. The van der Waals surface area contributed by atoms with E-state index in [1.54, 1.807) is 24.5 Å². The minimum absolute atomic E-state index is 0.0576. The molecule has 0 saturated carbocycles. The largest absolute Gasteiger partial charge is 0.462 e. The van der Waals surface area contributed by atoms with Gasteiger partial charge in [0.15, 0.2) is 5.78 Å². The highest BCUT2D eigenvalue weighted by atomic mass is 35.5. The van der Waals surface area contributed by atoms with Gasteiger partial charge in [0.2, 0.25) is 0 Å². The Labute approximate surface area is 235 Å². The summed E-state index contributed by atoms with van der Waals surface area (Å²) in [5.41, 5.74) is 3.88. The Kier molecular flexibility index (Phi) is 8.96. The molecule has 2 aromatic rings. The van der Waals surface area contributed by atoms with Crippen LogP contribution in [0.4, 0.5) is 0 Å². The number of rotatable bonds is 9. The van der Waals surface area contributed by atoms with Crippen LogP contribution in [-0.2, 0) is 16.0 Å². The number of ether oxygens (including phenoxy) is 1.